The normalized spacial score (nSPS) is 20.7. The highest BCUT2D eigenvalue weighted by Crippen LogP contribution is 2.37. The number of hydrogen-bond donors (Lipinski definition) is 1. The van der Waals surface area contributed by atoms with Gasteiger partial charge < -0.3 is 10.0 Å². The minimum absolute atomic E-state index is 0.00603. The first kappa shape index (κ1) is 17.6. The molecule has 0 radical (unpaired) electrons. The van der Waals surface area contributed by atoms with Gasteiger partial charge in [0.25, 0.3) is 5.91 Å². The number of hydrogen-bond acceptors (Lipinski definition) is 4. The average molecular weight is 425 g/mol. The van der Waals surface area contributed by atoms with E-state index in [1.54, 1.807) is 17.0 Å². The molecule has 6 nitrogen and oxygen atoms in total. The molecule has 2 fully saturated rings. The molecule has 0 bridgehead atoms. The van der Waals surface area contributed by atoms with E-state index in [9.17, 15) is 9.90 Å². The molecule has 136 valence electrons. The summed E-state index contributed by atoms with van der Waals surface area (Å²) in [6.07, 6.45) is 2.79. The number of nitrogens with zero attached hydrogens (tertiary/aromatic N) is 4. The second-order valence-electron chi connectivity index (χ2n) is 6.56. The Labute approximate surface area is 165 Å². The molecule has 0 aromatic heterocycles. The summed E-state index contributed by atoms with van der Waals surface area (Å²) in [5, 5.41) is 19.3. The van der Waals surface area contributed by atoms with Crippen molar-refractivity contribution in [3.05, 3.63) is 52.5 Å². The highest BCUT2D eigenvalue weighted by molar-refractivity contribution is 9.10. The number of halogens is 1. The van der Waals surface area contributed by atoms with Crippen LogP contribution in [-0.4, -0.2) is 34.5 Å². The van der Waals surface area contributed by atoms with Crippen LogP contribution >= 0.6 is 15.9 Å². The summed E-state index contributed by atoms with van der Waals surface area (Å²) >= 11 is 3.53. The summed E-state index contributed by atoms with van der Waals surface area (Å²) < 4.78 is 0.801. The zero-order valence-electron chi connectivity index (χ0n) is 14.5. The maximum Gasteiger partial charge on any atom is 0.256 e. The summed E-state index contributed by atoms with van der Waals surface area (Å²) in [6, 6.07) is 13.9. The lowest BCUT2D eigenvalue weighted by Gasteiger charge is -2.28. The van der Waals surface area contributed by atoms with Gasteiger partial charge in [-0.3, -0.25) is 4.79 Å². The van der Waals surface area contributed by atoms with Crippen LogP contribution in [0.5, 0.6) is 5.75 Å². The number of piperidine rings is 1. The molecule has 0 aliphatic carbocycles. The largest absolute Gasteiger partial charge is 0.506 e. The molecule has 2 aliphatic heterocycles. The van der Waals surface area contributed by atoms with Gasteiger partial charge in [0.05, 0.1) is 17.3 Å². The third-order valence-electron chi connectivity index (χ3n) is 4.88. The first-order valence-corrected chi connectivity index (χ1v) is 9.56. The molecule has 7 heteroatoms. The molecule has 0 spiro atoms. The number of guanidine groups is 1. The number of rotatable bonds is 2. The molecule has 2 aromatic rings. The Morgan fingerprint density at radius 2 is 2.04 bits per heavy atom. The van der Waals surface area contributed by atoms with Crippen LogP contribution in [-0.2, 0) is 4.79 Å². The lowest BCUT2D eigenvalue weighted by Crippen LogP contribution is -2.39. The van der Waals surface area contributed by atoms with Gasteiger partial charge in [-0.2, -0.15) is 5.26 Å². The van der Waals surface area contributed by atoms with Crippen molar-refractivity contribution >= 4 is 39.2 Å². The van der Waals surface area contributed by atoms with Crippen LogP contribution in [0.15, 0.2) is 51.9 Å². The summed E-state index contributed by atoms with van der Waals surface area (Å²) in [6.45, 7) is 0.743. The van der Waals surface area contributed by atoms with E-state index in [-0.39, 0.29) is 17.7 Å². The smallest absolute Gasteiger partial charge is 0.256 e. The topological polar surface area (TPSA) is 79.9 Å². The number of nitriles is 1. The number of amides is 1. The summed E-state index contributed by atoms with van der Waals surface area (Å²) in [5.74, 6) is 0.423. The van der Waals surface area contributed by atoms with Crippen molar-refractivity contribution in [1.82, 2.24) is 4.90 Å². The molecule has 1 atom stereocenters. The number of carbonyl (C=O) groups excluding carboxylic acids is 1. The highest BCUT2D eigenvalue weighted by Gasteiger charge is 2.45. The standard InChI is InChI=1S/C20H17BrN4O2/c21-14-5-1-2-6-16(14)25-19(27)17-7-3-4-10-24(17)20(25)23-15-9-8-13(12-22)11-18(15)26/h1-2,5-6,8-9,11,17,26H,3-4,7,10H2. The molecular weight excluding hydrogens is 408 g/mol. The number of fused-ring (bicyclic) bond motifs is 1. The van der Waals surface area contributed by atoms with Gasteiger partial charge in [0.1, 0.15) is 17.5 Å². The van der Waals surface area contributed by atoms with Gasteiger partial charge in [-0.15, -0.1) is 0 Å². The number of aromatic hydroxyl groups is 1. The Morgan fingerprint density at radius 3 is 2.78 bits per heavy atom. The van der Waals surface area contributed by atoms with E-state index in [2.05, 4.69) is 20.9 Å². The Hall–Kier alpha value is -2.85. The van der Waals surface area contributed by atoms with Crippen LogP contribution < -0.4 is 4.90 Å². The van der Waals surface area contributed by atoms with Crippen molar-refractivity contribution < 1.29 is 9.90 Å². The van der Waals surface area contributed by atoms with Gasteiger partial charge in [0.15, 0.2) is 0 Å². The molecular formula is C20H17BrN4O2. The van der Waals surface area contributed by atoms with Crippen molar-refractivity contribution in [3.63, 3.8) is 0 Å². The predicted octanol–water partition coefficient (Wildman–Crippen LogP) is 3.92. The van der Waals surface area contributed by atoms with Crippen molar-refractivity contribution in [2.45, 2.75) is 25.3 Å². The van der Waals surface area contributed by atoms with Crippen molar-refractivity contribution in [2.75, 3.05) is 11.4 Å². The molecule has 4 rings (SSSR count). The third kappa shape index (κ3) is 3.06. The first-order valence-electron chi connectivity index (χ1n) is 8.77. The fourth-order valence-electron chi connectivity index (χ4n) is 3.57. The van der Waals surface area contributed by atoms with Crippen molar-refractivity contribution in [3.8, 4) is 11.8 Å². The van der Waals surface area contributed by atoms with Gasteiger partial charge in [-0.25, -0.2) is 9.89 Å². The maximum absolute atomic E-state index is 13.2. The second-order valence-corrected chi connectivity index (χ2v) is 7.41. The second kappa shape index (κ2) is 7.05. The molecule has 2 aliphatic rings. The van der Waals surface area contributed by atoms with E-state index in [0.29, 0.717) is 17.2 Å². The molecule has 27 heavy (non-hydrogen) atoms. The van der Waals surface area contributed by atoms with Gasteiger partial charge in [-0.1, -0.05) is 12.1 Å². The van der Waals surface area contributed by atoms with Crippen LogP contribution in [0, 0.1) is 11.3 Å². The number of aliphatic imine (C=N–C) groups is 1. The zero-order chi connectivity index (χ0) is 19.0. The minimum Gasteiger partial charge on any atom is -0.506 e. The number of benzene rings is 2. The molecule has 1 N–H and O–H groups in total. The summed E-state index contributed by atoms with van der Waals surface area (Å²) in [7, 11) is 0. The van der Waals surface area contributed by atoms with Gasteiger partial charge >= 0.3 is 0 Å². The number of anilines is 1. The molecule has 2 heterocycles. The monoisotopic (exact) mass is 424 g/mol. The van der Waals surface area contributed by atoms with Crippen LogP contribution in [0.2, 0.25) is 0 Å². The average Bonchev–Trinajstić information content (AvgIpc) is 2.96. The molecule has 2 aromatic carbocycles. The Morgan fingerprint density at radius 1 is 1.22 bits per heavy atom. The summed E-state index contributed by atoms with van der Waals surface area (Å²) in [5.41, 5.74) is 1.42. The lowest BCUT2D eigenvalue weighted by molar-refractivity contribution is -0.120. The Kier molecular flexibility index (Phi) is 4.58. The van der Waals surface area contributed by atoms with E-state index in [4.69, 9.17) is 5.26 Å². The number of carbonyl (C=O) groups is 1. The number of phenols is 1. The zero-order valence-corrected chi connectivity index (χ0v) is 16.1. The van der Waals surface area contributed by atoms with Crippen molar-refractivity contribution in [1.29, 1.82) is 5.26 Å². The van der Waals surface area contributed by atoms with Gasteiger partial charge in [0.2, 0.25) is 5.96 Å². The molecule has 0 saturated carbocycles. The Balaban J connectivity index is 1.85. The quantitative estimate of drug-likeness (QED) is 0.791. The van der Waals surface area contributed by atoms with E-state index in [1.165, 1.54) is 6.07 Å². The Bertz CT molecular complexity index is 982. The van der Waals surface area contributed by atoms with Crippen molar-refractivity contribution in [2.24, 2.45) is 4.99 Å². The van der Waals surface area contributed by atoms with Crippen LogP contribution in [0.3, 0.4) is 0 Å². The van der Waals surface area contributed by atoms with E-state index in [0.717, 1.165) is 36.0 Å². The fraction of sp³-hybridized carbons (Fsp3) is 0.250. The van der Waals surface area contributed by atoms with E-state index < -0.39 is 0 Å². The fourth-order valence-corrected chi connectivity index (χ4v) is 4.03. The van der Waals surface area contributed by atoms with Crippen LogP contribution in [0.4, 0.5) is 11.4 Å². The van der Waals surface area contributed by atoms with Gasteiger partial charge in [0, 0.05) is 11.0 Å². The predicted molar refractivity (Wildman–Crippen MR) is 106 cm³/mol. The van der Waals surface area contributed by atoms with E-state index >= 15 is 0 Å². The third-order valence-corrected chi connectivity index (χ3v) is 5.55. The molecule has 2 saturated heterocycles. The SMILES string of the molecule is N#Cc1ccc(N=C2N(c3ccccc3Br)C(=O)C3CCCCN23)c(O)c1. The van der Waals surface area contributed by atoms with Crippen LogP contribution in [0.25, 0.3) is 0 Å². The first-order chi connectivity index (χ1) is 13.1. The minimum atomic E-state index is -0.231. The molecule has 1 amide bonds. The number of phenolic OH excluding ortho intramolecular Hbond substituents is 1. The highest BCUT2D eigenvalue weighted by atomic mass is 79.9. The van der Waals surface area contributed by atoms with Gasteiger partial charge in [-0.05, 0) is 65.5 Å². The lowest BCUT2D eigenvalue weighted by atomic mass is 10.0. The maximum atomic E-state index is 13.2. The summed E-state index contributed by atoms with van der Waals surface area (Å²) in [4.78, 5) is 21.4. The molecule has 1 unspecified atom stereocenters. The van der Waals surface area contributed by atoms with E-state index in [1.807, 2.05) is 35.2 Å². The number of para-hydroxylation sites is 1. The van der Waals surface area contributed by atoms with Crippen LogP contribution in [0.1, 0.15) is 24.8 Å².